The average molecular weight is 456 g/mol. The molecule has 0 spiro atoms. The lowest BCUT2D eigenvalue weighted by Crippen LogP contribution is -2.75. The zero-order valence-corrected chi connectivity index (χ0v) is 18.4. The second kappa shape index (κ2) is 7.62. The van der Waals surface area contributed by atoms with E-state index in [2.05, 4.69) is 5.32 Å². The number of hydrogen-bond acceptors (Lipinski definition) is 4. The normalized spacial score (nSPS) is 26.8. The fourth-order valence-electron chi connectivity index (χ4n) is 5.21. The second-order valence-corrected chi connectivity index (χ2v) is 9.73. The lowest BCUT2D eigenvalue weighted by atomic mass is 9.38. The van der Waals surface area contributed by atoms with Crippen molar-refractivity contribution in [2.24, 2.45) is 5.41 Å². The van der Waals surface area contributed by atoms with Gasteiger partial charge in [0, 0.05) is 28.6 Å². The maximum Gasteiger partial charge on any atom is 0.265 e. The summed E-state index contributed by atoms with van der Waals surface area (Å²) in [5, 5.41) is 3.73. The number of Topliss-reactive ketones (excluding diaryl/α,β-unsaturated/α-hetero) is 1. The van der Waals surface area contributed by atoms with Gasteiger partial charge < -0.3 is 14.8 Å². The van der Waals surface area contributed by atoms with Gasteiger partial charge in [0.05, 0.1) is 0 Å². The topological polar surface area (TPSA) is 64.6 Å². The Balaban J connectivity index is 1.09. The summed E-state index contributed by atoms with van der Waals surface area (Å²) in [5.74, 6) is 0.444. The van der Waals surface area contributed by atoms with E-state index in [1.807, 2.05) is 6.08 Å². The number of benzene rings is 2. The van der Waals surface area contributed by atoms with Gasteiger partial charge >= 0.3 is 0 Å². The molecule has 3 fully saturated rings. The van der Waals surface area contributed by atoms with E-state index in [0.717, 1.165) is 24.8 Å². The lowest BCUT2D eigenvalue weighted by Gasteiger charge is -2.70. The van der Waals surface area contributed by atoms with Crippen molar-refractivity contribution in [1.82, 2.24) is 5.32 Å². The van der Waals surface area contributed by atoms with Crippen LogP contribution in [0.4, 0.5) is 4.39 Å². The number of carbonyl (C=O) groups is 2. The predicted molar refractivity (Wildman–Crippen MR) is 118 cm³/mol. The van der Waals surface area contributed by atoms with Crippen LogP contribution in [0.1, 0.15) is 36.8 Å². The number of ether oxygens (including phenoxy) is 2. The van der Waals surface area contributed by atoms with Crippen LogP contribution in [0.2, 0.25) is 5.02 Å². The monoisotopic (exact) mass is 455 g/mol. The van der Waals surface area contributed by atoms with Crippen molar-refractivity contribution < 1.29 is 23.5 Å². The third-order valence-corrected chi connectivity index (χ3v) is 6.81. The molecule has 32 heavy (non-hydrogen) atoms. The summed E-state index contributed by atoms with van der Waals surface area (Å²) in [6.45, 7) is 1.60. The van der Waals surface area contributed by atoms with Gasteiger partial charge in [0.15, 0.2) is 11.9 Å². The number of halogens is 2. The Morgan fingerprint density at radius 2 is 2.00 bits per heavy atom. The van der Waals surface area contributed by atoms with Crippen molar-refractivity contribution in [3.05, 3.63) is 64.4 Å². The zero-order chi connectivity index (χ0) is 22.5. The summed E-state index contributed by atoms with van der Waals surface area (Å²) < 4.78 is 24.9. The van der Waals surface area contributed by atoms with Crippen LogP contribution in [0.3, 0.4) is 0 Å². The molecule has 1 heterocycles. The van der Waals surface area contributed by atoms with E-state index in [4.69, 9.17) is 21.1 Å². The molecule has 2 bridgehead atoms. The first kappa shape index (κ1) is 21.0. The highest BCUT2D eigenvalue weighted by Crippen LogP contribution is 2.69. The van der Waals surface area contributed by atoms with Crippen LogP contribution in [0.25, 0.3) is 6.08 Å². The number of nitrogens with one attached hydrogen (secondary N) is 1. The number of aryl methyl sites for hydroxylation is 1. The minimum absolute atomic E-state index is 0.0144. The summed E-state index contributed by atoms with van der Waals surface area (Å²) >= 11 is 5.99. The third-order valence-electron chi connectivity index (χ3n) is 6.58. The number of rotatable bonds is 7. The second-order valence-electron chi connectivity index (χ2n) is 9.29. The molecule has 1 aliphatic heterocycles. The van der Waals surface area contributed by atoms with E-state index in [0.29, 0.717) is 28.5 Å². The molecule has 0 radical (unpaired) electrons. The molecule has 4 aliphatic rings. The Hall–Kier alpha value is -2.86. The summed E-state index contributed by atoms with van der Waals surface area (Å²) in [6, 6.07) is 9.87. The van der Waals surface area contributed by atoms with Gasteiger partial charge in [0.25, 0.3) is 5.91 Å². The zero-order valence-electron chi connectivity index (χ0n) is 17.6. The molecule has 3 aliphatic carbocycles. The highest BCUT2D eigenvalue weighted by molar-refractivity contribution is 6.30. The van der Waals surface area contributed by atoms with Gasteiger partial charge in [-0.2, -0.15) is 0 Å². The fraction of sp³-hybridized carbons (Fsp3) is 0.360. The van der Waals surface area contributed by atoms with Crippen molar-refractivity contribution in [3.63, 3.8) is 0 Å². The van der Waals surface area contributed by atoms with E-state index >= 15 is 0 Å². The minimum Gasteiger partial charge on any atom is -0.486 e. The van der Waals surface area contributed by atoms with Crippen molar-refractivity contribution in [2.75, 3.05) is 6.61 Å². The van der Waals surface area contributed by atoms with Crippen molar-refractivity contribution in [3.8, 4) is 11.5 Å². The van der Waals surface area contributed by atoms with Gasteiger partial charge in [0.2, 0.25) is 0 Å². The third kappa shape index (κ3) is 3.88. The molecule has 3 saturated carbocycles. The van der Waals surface area contributed by atoms with Crippen LogP contribution >= 0.6 is 11.6 Å². The highest BCUT2D eigenvalue weighted by atomic mass is 35.5. The Morgan fingerprint density at radius 3 is 2.75 bits per heavy atom. The maximum atomic E-state index is 13.6. The largest absolute Gasteiger partial charge is 0.486 e. The number of fused-ring (bicyclic) bond motifs is 1. The molecule has 1 N–H and O–H groups in total. The molecular weight excluding hydrogens is 433 g/mol. The standard InChI is InChI=1S/C25H23ClFNO4/c1-15-2-5-19(9-20(15)27)31-11-18(29)10-24-12-25(13-24,14-24)28-23(30)22-6-3-16-8-17(26)4-7-21(16)32-22/h2-9,22H,10-14H2,1H3,(H,28,30)/t22-,24?,25?/m0/s1. The molecule has 5 nitrogen and oxygen atoms in total. The average Bonchev–Trinajstić information content (AvgIpc) is 2.71. The van der Waals surface area contributed by atoms with Crippen LogP contribution in [-0.2, 0) is 9.59 Å². The predicted octanol–water partition coefficient (Wildman–Crippen LogP) is 4.64. The number of hydrogen-bond donors (Lipinski definition) is 1. The summed E-state index contributed by atoms with van der Waals surface area (Å²) in [6.07, 6.45) is 5.63. The van der Waals surface area contributed by atoms with Gasteiger partial charge in [-0.05, 0) is 67.5 Å². The van der Waals surface area contributed by atoms with Gasteiger partial charge in [-0.15, -0.1) is 0 Å². The molecule has 2 aromatic carbocycles. The van der Waals surface area contributed by atoms with Crippen LogP contribution in [0.15, 0.2) is 42.5 Å². The van der Waals surface area contributed by atoms with E-state index in [1.54, 1.807) is 43.3 Å². The van der Waals surface area contributed by atoms with Crippen LogP contribution in [-0.4, -0.2) is 29.9 Å². The van der Waals surface area contributed by atoms with Gasteiger partial charge in [-0.3, -0.25) is 9.59 Å². The molecule has 1 atom stereocenters. The molecule has 166 valence electrons. The Kier molecular flexibility index (Phi) is 5.01. The summed E-state index contributed by atoms with van der Waals surface area (Å²) in [4.78, 5) is 25.1. The van der Waals surface area contributed by atoms with Crippen LogP contribution < -0.4 is 14.8 Å². The van der Waals surface area contributed by atoms with Gasteiger partial charge in [-0.25, -0.2) is 4.39 Å². The smallest absolute Gasteiger partial charge is 0.265 e. The number of ketones is 1. The van der Waals surface area contributed by atoms with Crippen LogP contribution in [0, 0.1) is 18.2 Å². The van der Waals surface area contributed by atoms with E-state index in [1.165, 1.54) is 6.07 Å². The Labute approximate surface area is 190 Å². The molecule has 1 amide bonds. The SMILES string of the molecule is Cc1ccc(OCC(=O)CC23CC(NC(=O)[C@@H]4C=Cc5cc(Cl)ccc5O4)(C2)C3)cc1F. The minimum atomic E-state index is -0.682. The molecule has 7 heteroatoms. The quantitative estimate of drug-likeness (QED) is 0.660. The molecule has 6 rings (SSSR count). The fourth-order valence-corrected chi connectivity index (χ4v) is 5.39. The molecule has 0 saturated heterocycles. The van der Waals surface area contributed by atoms with Crippen molar-refractivity contribution in [1.29, 1.82) is 0 Å². The summed E-state index contributed by atoms with van der Waals surface area (Å²) in [7, 11) is 0. The Morgan fingerprint density at radius 1 is 1.22 bits per heavy atom. The molecule has 2 aromatic rings. The first-order valence-electron chi connectivity index (χ1n) is 10.6. The van der Waals surface area contributed by atoms with E-state index in [-0.39, 0.29) is 35.1 Å². The van der Waals surface area contributed by atoms with Crippen molar-refractivity contribution in [2.45, 2.75) is 44.2 Å². The van der Waals surface area contributed by atoms with Crippen molar-refractivity contribution >= 4 is 29.4 Å². The maximum absolute atomic E-state index is 13.6. The van der Waals surface area contributed by atoms with E-state index in [9.17, 15) is 14.0 Å². The summed E-state index contributed by atoms with van der Waals surface area (Å²) in [5.41, 5.74) is 1.09. The van der Waals surface area contributed by atoms with E-state index < -0.39 is 6.10 Å². The number of carbonyl (C=O) groups excluding carboxylic acids is 2. The number of amides is 1. The molecular formula is C25H23ClFNO4. The van der Waals surface area contributed by atoms with Crippen LogP contribution in [0.5, 0.6) is 11.5 Å². The highest BCUT2D eigenvalue weighted by Gasteiger charge is 2.68. The Bertz CT molecular complexity index is 1120. The van der Waals surface area contributed by atoms with Gasteiger partial charge in [0.1, 0.15) is 23.9 Å². The first-order valence-corrected chi connectivity index (χ1v) is 11.0. The molecule has 0 aromatic heterocycles. The van der Waals surface area contributed by atoms with Gasteiger partial charge in [-0.1, -0.05) is 23.7 Å². The lowest BCUT2D eigenvalue weighted by molar-refractivity contribution is -0.174. The molecule has 0 unspecified atom stereocenters. The first-order chi connectivity index (χ1) is 15.2.